The predicted molar refractivity (Wildman–Crippen MR) is 105 cm³/mol. The molecule has 1 atom stereocenters. The zero-order chi connectivity index (χ0) is 18.6. The standard InChI is InChI=1S/C20H23Cl2NO2/c1-13(2)19(20(24)25-14(3)4)23(17-9-5-15(21)6-10-17)18-11-7-16(22)8-12-18/h5-14,19H,1-4H3. The fourth-order valence-corrected chi connectivity index (χ4v) is 2.90. The van der Waals surface area contributed by atoms with Crippen molar-refractivity contribution in [1.29, 1.82) is 0 Å². The van der Waals surface area contributed by atoms with Gasteiger partial charge in [0.25, 0.3) is 0 Å². The molecule has 5 heteroatoms. The summed E-state index contributed by atoms with van der Waals surface area (Å²) in [5.41, 5.74) is 1.73. The normalized spacial score (nSPS) is 12.3. The highest BCUT2D eigenvalue weighted by Gasteiger charge is 2.32. The summed E-state index contributed by atoms with van der Waals surface area (Å²) in [4.78, 5) is 14.8. The molecule has 0 bridgehead atoms. The molecule has 0 saturated heterocycles. The maximum Gasteiger partial charge on any atom is 0.329 e. The van der Waals surface area contributed by atoms with Gasteiger partial charge in [-0.25, -0.2) is 4.79 Å². The molecule has 0 radical (unpaired) electrons. The Morgan fingerprint density at radius 1 is 0.840 bits per heavy atom. The van der Waals surface area contributed by atoms with E-state index in [-0.39, 0.29) is 18.0 Å². The Bertz CT molecular complexity index is 651. The van der Waals surface area contributed by atoms with Crippen molar-refractivity contribution in [2.24, 2.45) is 5.92 Å². The van der Waals surface area contributed by atoms with Crippen LogP contribution in [0.5, 0.6) is 0 Å². The summed E-state index contributed by atoms with van der Waals surface area (Å²) in [6.45, 7) is 7.71. The molecule has 3 nitrogen and oxygen atoms in total. The molecule has 1 unspecified atom stereocenters. The molecule has 2 rings (SSSR count). The lowest BCUT2D eigenvalue weighted by Crippen LogP contribution is -2.44. The molecule has 0 saturated carbocycles. The third-order valence-electron chi connectivity index (χ3n) is 3.71. The number of esters is 1. The zero-order valence-corrected chi connectivity index (χ0v) is 16.4. The van der Waals surface area contributed by atoms with Crippen molar-refractivity contribution < 1.29 is 9.53 Å². The van der Waals surface area contributed by atoms with Gasteiger partial charge in [-0.15, -0.1) is 0 Å². The number of ether oxygens (including phenoxy) is 1. The van der Waals surface area contributed by atoms with Crippen LogP contribution >= 0.6 is 23.2 Å². The van der Waals surface area contributed by atoms with Gasteiger partial charge >= 0.3 is 5.97 Å². The van der Waals surface area contributed by atoms with E-state index in [1.807, 2.05) is 81.1 Å². The van der Waals surface area contributed by atoms with Crippen LogP contribution in [0, 0.1) is 5.92 Å². The van der Waals surface area contributed by atoms with Crippen LogP contribution in [0.1, 0.15) is 27.7 Å². The lowest BCUT2D eigenvalue weighted by atomic mass is 10.0. The van der Waals surface area contributed by atoms with Crippen molar-refractivity contribution in [2.45, 2.75) is 39.8 Å². The minimum atomic E-state index is -0.468. The number of carbonyl (C=O) groups is 1. The first-order valence-electron chi connectivity index (χ1n) is 8.30. The minimum absolute atomic E-state index is 0.0395. The highest BCUT2D eigenvalue weighted by atomic mass is 35.5. The van der Waals surface area contributed by atoms with Gasteiger partial charge in [0.15, 0.2) is 0 Å². The fraction of sp³-hybridized carbons (Fsp3) is 0.350. The SMILES string of the molecule is CC(C)OC(=O)C(C(C)C)N(c1ccc(Cl)cc1)c1ccc(Cl)cc1. The molecule has 0 amide bonds. The number of benzene rings is 2. The summed E-state index contributed by atoms with van der Waals surface area (Å²) in [6.07, 6.45) is -0.175. The van der Waals surface area contributed by atoms with Crippen molar-refractivity contribution in [1.82, 2.24) is 0 Å². The van der Waals surface area contributed by atoms with Gasteiger partial charge in [-0.05, 0) is 68.3 Å². The van der Waals surface area contributed by atoms with Gasteiger partial charge in [0.1, 0.15) is 6.04 Å². The van der Waals surface area contributed by atoms with E-state index in [0.29, 0.717) is 10.0 Å². The summed E-state index contributed by atoms with van der Waals surface area (Å²) >= 11 is 12.1. The van der Waals surface area contributed by atoms with Crippen LogP contribution < -0.4 is 4.90 Å². The quantitative estimate of drug-likeness (QED) is 0.567. The summed E-state index contributed by atoms with van der Waals surface area (Å²) in [5.74, 6) is -0.215. The summed E-state index contributed by atoms with van der Waals surface area (Å²) in [5, 5.41) is 1.29. The summed E-state index contributed by atoms with van der Waals surface area (Å²) < 4.78 is 5.51. The maximum absolute atomic E-state index is 12.8. The van der Waals surface area contributed by atoms with E-state index in [1.54, 1.807) is 0 Å². The number of anilines is 2. The van der Waals surface area contributed by atoms with E-state index in [9.17, 15) is 4.79 Å². The monoisotopic (exact) mass is 379 g/mol. The molecule has 0 N–H and O–H groups in total. The lowest BCUT2D eigenvalue weighted by molar-refractivity contribution is -0.149. The zero-order valence-electron chi connectivity index (χ0n) is 14.9. The molecule has 2 aromatic carbocycles. The second-order valence-corrected chi connectivity index (χ2v) is 7.37. The maximum atomic E-state index is 12.8. The van der Waals surface area contributed by atoms with Crippen molar-refractivity contribution in [3.63, 3.8) is 0 Å². The third kappa shape index (κ3) is 5.13. The van der Waals surface area contributed by atoms with Crippen LogP contribution in [0.15, 0.2) is 48.5 Å². The fourth-order valence-electron chi connectivity index (χ4n) is 2.65. The summed E-state index contributed by atoms with van der Waals surface area (Å²) in [6, 6.07) is 14.4. The van der Waals surface area contributed by atoms with Crippen LogP contribution in [-0.2, 0) is 9.53 Å². The molecule has 0 fully saturated rings. The number of carbonyl (C=O) groups excluding carboxylic acids is 1. The second-order valence-electron chi connectivity index (χ2n) is 6.50. The van der Waals surface area contributed by atoms with Crippen molar-refractivity contribution >= 4 is 40.5 Å². The molecule has 2 aromatic rings. The molecule has 134 valence electrons. The third-order valence-corrected chi connectivity index (χ3v) is 4.22. The van der Waals surface area contributed by atoms with E-state index in [1.165, 1.54) is 0 Å². The van der Waals surface area contributed by atoms with Crippen LogP contribution in [0.4, 0.5) is 11.4 Å². The van der Waals surface area contributed by atoms with E-state index < -0.39 is 6.04 Å². The molecular formula is C20H23Cl2NO2. The smallest absolute Gasteiger partial charge is 0.329 e. The van der Waals surface area contributed by atoms with Gasteiger partial charge in [-0.2, -0.15) is 0 Å². The second kappa shape index (κ2) is 8.59. The number of hydrogen-bond acceptors (Lipinski definition) is 3. The summed E-state index contributed by atoms with van der Waals surface area (Å²) in [7, 11) is 0. The molecule has 0 aromatic heterocycles. The lowest BCUT2D eigenvalue weighted by Gasteiger charge is -2.35. The Balaban J connectivity index is 2.52. The number of halogens is 2. The van der Waals surface area contributed by atoms with E-state index >= 15 is 0 Å². The molecule has 0 spiro atoms. The van der Waals surface area contributed by atoms with E-state index in [2.05, 4.69) is 0 Å². The molecule has 0 aliphatic heterocycles. The molecule has 0 aliphatic rings. The van der Waals surface area contributed by atoms with Gasteiger partial charge in [0.2, 0.25) is 0 Å². The van der Waals surface area contributed by atoms with Crippen molar-refractivity contribution in [2.75, 3.05) is 4.90 Å². The molecular weight excluding hydrogens is 357 g/mol. The molecule has 25 heavy (non-hydrogen) atoms. The van der Waals surface area contributed by atoms with Crippen LogP contribution in [-0.4, -0.2) is 18.1 Å². The first-order chi connectivity index (χ1) is 11.8. The highest BCUT2D eigenvalue weighted by Crippen LogP contribution is 2.33. The van der Waals surface area contributed by atoms with E-state index in [0.717, 1.165) is 11.4 Å². The van der Waals surface area contributed by atoms with Gasteiger partial charge in [-0.3, -0.25) is 0 Å². The first-order valence-corrected chi connectivity index (χ1v) is 9.06. The van der Waals surface area contributed by atoms with Crippen molar-refractivity contribution in [3.8, 4) is 0 Å². The average molecular weight is 380 g/mol. The Labute approximate surface area is 159 Å². The first kappa shape index (κ1) is 19.6. The highest BCUT2D eigenvalue weighted by molar-refractivity contribution is 6.31. The molecule has 0 aliphatic carbocycles. The Morgan fingerprint density at radius 3 is 1.56 bits per heavy atom. The van der Waals surface area contributed by atoms with Gasteiger partial charge in [0.05, 0.1) is 6.10 Å². The van der Waals surface area contributed by atoms with Crippen LogP contribution in [0.3, 0.4) is 0 Å². The largest absolute Gasteiger partial charge is 0.461 e. The Hall–Kier alpha value is -1.71. The topological polar surface area (TPSA) is 29.5 Å². The minimum Gasteiger partial charge on any atom is -0.461 e. The van der Waals surface area contributed by atoms with Crippen LogP contribution in [0.25, 0.3) is 0 Å². The van der Waals surface area contributed by atoms with Gasteiger partial charge in [-0.1, -0.05) is 37.0 Å². The van der Waals surface area contributed by atoms with E-state index in [4.69, 9.17) is 27.9 Å². The van der Waals surface area contributed by atoms with Gasteiger partial charge in [0, 0.05) is 21.4 Å². The Morgan fingerprint density at radius 2 is 1.24 bits per heavy atom. The molecule has 0 heterocycles. The van der Waals surface area contributed by atoms with Crippen molar-refractivity contribution in [3.05, 3.63) is 58.6 Å². The Kier molecular flexibility index (Phi) is 6.74. The number of rotatable bonds is 6. The average Bonchev–Trinajstić information content (AvgIpc) is 2.53. The predicted octanol–water partition coefficient (Wildman–Crippen LogP) is 6.11. The number of nitrogens with zero attached hydrogens (tertiary/aromatic N) is 1. The van der Waals surface area contributed by atoms with Gasteiger partial charge < -0.3 is 9.64 Å². The number of hydrogen-bond donors (Lipinski definition) is 0. The van der Waals surface area contributed by atoms with Crippen LogP contribution in [0.2, 0.25) is 10.0 Å².